The first-order chi connectivity index (χ1) is 8.70. The Hall–Kier alpha value is -1.24. The zero-order chi connectivity index (χ0) is 14.8. The summed E-state index contributed by atoms with van der Waals surface area (Å²) in [4.78, 5) is -0.125. The standard InChI is InChI=1S/C13H18FNO3S/c1-9(2)7-15(4)19(17,18)13-6-11(8-16)5-12(14)10(13)3/h5-6,16H,1,7-8H2,2-4H3. The average Bonchev–Trinajstić information content (AvgIpc) is 2.31. The molecule has 0 aliphatic heterocycles. The Morgan fingerprint density at radius 2 is 2.05 bits per heavy atom. The van der Waals surface area contributed by atoms with E-state index in [0.717, 1.165) is 10.4 Å². The highest BCUT2D eigenvalue weighted by atomic mass is 32.2. The Morgan fingerprint density at radius 1 is 1.47 bits per heavy atom. The molecule has 0 bridgehead atoms. The summed E-state index contributed by atoms with van der Waals surface area (Å²) in [5.74, 6) is -0.645. The molecule has 0 radical (unpaired) electrons. The van der Waals surface area contributed by atoms with Crippen molar-refractivity contribution in [2.45, 2.75) is 25.3 Å². The average molecular weight is 287 g/mol. The molecule has 6 heteroatoms. The van der Waals surface area contributed by atoms with E-state index in [0.29, 0.717) is 5.57 Å². The highest BCUT2D eigenvalue weighted by molar-refractivity contribution is 7.89. The number of sulfonamides is 1. The van der Waals surface area contributed by atoms with E-state index in [1.165, 1.54) is 20.0 Å². The van der Waals surface area contributed by atoms with Gasteiger partial charge >= 0.3 is 0 Å². The Bertz CT molecular complexity index is 596. The van der Waals surface area contributed by atoms with Gasteiger partial charge in [0.1, 0.15) is 5.82 Å². The molecule has 0 amide bonds. The molecule has 4 nitrogen and oxygen atoms in total. The fourth-order valence-electron chi connectivity index (χ4n) is 1.70. The van der Waals surface area contributed by atoms with Gasteiger partial charge in [-0.15, -0.1) is 0 Å². The molecule has 106 valence electrons. The Morgan fingerprint density at radius 3 is 2.53 bits per heavy atom. The second kappa shape index (κ2) is 5.81. The van der Waals surface area contributed by atoms with Gasteiger partial charge in [0.2, 0.25) is 10.0 Å². The monoisotopic (exact) mass is 287 g/mol. The molecule has 0 spiro atoms. The zero-order valence-corrected chi connectivity index (χ0v) is 12.1. The lowest BCUT2D eigenvalue weighted by Crippen LogP contribution is -2.29. The quantitative estimate of drug-likeness (QED) is 0.840. The lowest BCUT2D eigenvalue weighted by molar-refractivity contribution is 0.280. The van der Waals surface area contributed by atoms with E-state index in [-0.39, 0.29) is 22.6 Å². The van der Waals surface area contributed by atoms with Gasteiger partial charge in [-0.1, -0.05) is 12.2 Å². The van der Waals surface area contributed by atoms with E-state index in [2.05, 4.69) is 6.58 Å². The van der Waals surface area contributed by atoms with Crippen LogP contribution in [0.5, 0.6) is 0 Å². The van der Waals surface area contributed by atoms with Gasteiger partial charge in [-0.05, 0) is 31.5 Å². The third-order valence-corrected chi connectivity index (χ3v) is 4.65. The lowest BCUT2D eigenvalue weighted by Gasteiger charge is -2.19. The number of aliphatic hydroxyl groups excluding tert-OH is 1. The second-order valence-corrected chi connectivity index (χ2v) is 6.59. The number of hydrogen-bond donors (Lipinski definition) is 1. The molecule has 1 aromatic rings. The van der Waals surface area contributed by atoms with Gasteiger partial charge in [-0.25, -0.2) is 12.8 Å². The highest BCUT2D eigenvalue weighted by Crippen LogP contribution is 2.23. The SMILES string of the molecule is C=C(C)CN(C)S(=O)(=O)c1cc(CO)cc(F)c1C. The first kappa shape index (κ1) is 15.8. The number of nitrogens with zero attached hydrogens (tertiary/aromatic N) is 1. The first-order valence-corrected chi connectivity index (χ1v) is 7.14. The Balaban J connectivity index is 3.35. The van der Waals surface area contributed by atoms with Gasteiger partial charge in [-0.2, -0.15) is 4.31 Å². The van der Waals surface area contributed by atoms with Crippen LogP contribution in [0.3, 0.4) is 0 Å². The predicted octanol–water partition coefficient (Wildman–Crippen LogP) is 1.82. The van der Waals surface area contributed by atoms with Crippen molar-refractivity contribution in [3.8, 4) is 0 Å². The maximum Gasteiger partial charge on any atom is 0.243 e. The van der Waals surface area contributed by atoms with Gasteiger partial charge in [0.15, 0.2) is 0 Å². The van der Waals surface area contributed by atoms with Crippen LogP contribution >= 0.6 is 0 Å². The second-order valence-electron chi connectivity index (χ2n) is 4.58. The van der Waals surface area contributed by atoms with Gasteiger partial charge in [0.05, 0.1) is 11.5 Å². The summed E-state index contributed by atoms with van der Waals surface area (Å²) in [6.45, 7) is 6.52. The van der Waals surface area contributed by atoms with Crippen molar-refractivity contribution in [2.75, 3.05) is 13.6 Å². The summed E-state index contributed by atoms with van der Waals surface area (Å²) < 4.78 is 39.5. The number of likely N-dealkylation sites (N-methyl/N-ethyl adjacent to an activating group) is 1. The van der Waals surface area contributed by atoms with Crippen LogP contribution in [0.2, 0.25) is 0 Å². The first-order valence-electron chi connectivity index (χ1n) is 5.70. The highest BCUT2D eigenvalue weighted by Gasteiger charge is 2.24. The van der Waals surface area contributed by atoms with E-state index < -0.39 is 22.4 Å². The summed E-state index contributed by atoms with van der Waals surface area (Å²) >= 11 is 0. The molecule has 0 saturated heterocycles. The normalized spacial score (nSPS) is 11.9. The zero-order valence-electron chi connectivity index (χ0n) is 11.3. The van der Waals surface area contributed by atoms with Crippen molar-refractivity contribution in [1.29, 1.82) is 0 Å². The van der Waals surface area contributed by atoms with Crippen molar-refractivity contribution >= 4 is 10.0 Å². The molecule has 19 heavy (non-hydrogen) atoms. The summed E-state index contributed by atoms with van der Waals surface area (Å²) in [5.41, 5.74) is 0.957. The number of aliphatic hydroxyl groups is 1. The van der Waals surface area contributed by atoms with Crippen LogP contribution in [-0.4, -0.2) is 31.4 Å². The Kier molecular flexibility index (Phi) is 4.84. The van der Waals surface area contributed by atoms with E-state index in [4.69, 9.17) is 5.11 Å². The molecular formula is C13H18FNO3S. The molecule has 1 N–H and O–H groups in total. The molecule has 1 rings (SSSR count). The number of halogens is 1. The van der Waals surface area contributed by atoms with Gasteiger partial charge < -0.3 is 5.11 Å². The molecule has 0 aromatic heterocycles. The van der Waals surface area contributed by atoms with Crippen molar-refractivity contribution < 1.29 is 17.9 Å². The molecule has 0 fully saturated rings. The summed E-state index contributed by atoms with van der Waals surface area (Å²) in [5, 5.41) is 9.04. The molecule has 0 heterocycles. The van der Waals surface area contributed by atoms with Crippen LogP contribution in [0.1, 0.15) is 18.1 Å². The van der Waals surface area contributed by atoms with Crippen LogP contribution in [0.4, 0.5) is 4.39 Å². The molecule has 0 saturated carbocycles. The predicted molar refractivity (Wildman–Crippen MR) is 71.7 cm³/mol. The number of hydrogen-bond acceptors (Lipinski definition) is 3. The minimum absolute atomic E-state index is 0.0470. The molecule has 0 aliphatic rings. The fraction of sp³-hybridized carbons (Fsp3) is 0.385. The van der Waals surface area contributed by atoms with Crippen LogP contribution in [0.15, 0.2) is 29.2 Å². The largest absolute Gasteiger partial charge is 0.392 e. The molecule has 0 unspecified atom stereocenters. The smallest absolute Gasteiger partial charge is 0.243 e. The Labute approximate surface area is 113 Å². The van der Waals surface area contributed by atoms with Gasteiger partial charge in [0, 0.05) is 19.2 Å². The maximum absolute atomic E-state index is 13.7. The molecular weight excluding hydrogens is 269 g/mol. The number of rotatable bonds is 5. The lowest BCUT2D eigenvalue weighted by atomic mass is 10.1. The van der Waals surface area contributed by atoms with Crippen LogP contribution in [0.25, 0.3) is 0 Å². The molecule has 0 aliphatic carbocycles. The van der Waals surface area contributed by atoms with Gasteiger partial charge in [-0.3, -0.25) is 0 Å². The maximum atomic E-state index is 13.7. The van der Waals surface area contributed by atoms with Crippen molar-refractivity contribution in [2.24, 2.45) is 0 Å². The van der Waals surface area contributed by atoms with E-state index in [9.17, 15) is 12.8 Å². The van der Waals surface area contributed by atoms with E-state index >= 15 is 0 Å². The van der Waals surface area contributed by atoms with Crippen molar-refractivity contribution in [1.82, 2.24) is 4.31 Å². The summed E-state index contributed by atoms with van der Waals surface area (Å²) in [6.07, 6.45) is 0. The summed E-state index contributed by atoms with van der Waals surface area (Å²) in [6, 6.07) is 2.43. The third kappa shape index (κ3) is 3.40. The van der Waals surface area contributed by atoms with Crippen LogP contribution < -0.4 is 0 Å². The summed E-state index contributed by atoms with van der Waals surface area (Å²) in [7, 11) is -2.39. The van der Waals surface area contributed by atoms with Crippen LogP contribution in [-0.2, 0) is 16.6 Å². The fourth-order valence-corrected chi connectivity index (χ4v) is 3.21. The minimum atomic E-state index is -3.80. The van der Waals surface area contributed by atoms with Crippen LogP contribution in [0, 0.1) is 12.7 Å². The molecule has 0 atom stereocenters. The minimum Gasteiger partial charge on any atom is -0.392 e. The topological polar surface area (TPSA) is 57.6 Å². The number of benzene rings is 1. The van der Waals surface area contributed by atoms with Gasteiger partial charge in [0.25, 0.3) is 0 Å². The van der Waals surface area contributed by atoms with E-state index in [1.54, 1.807) is 6.92 Å². The van der Waals surface area contributed by atoms with Crippen molar-refractivity contribution in [3.05, 3.63) is 41.2 Å². The van der Waals surface area contributed by atoms with E-state index in [1.807, 2.05) is 0 Å². The van der Waals surface area contributed by atoms with Crippen molar-refractivity contribution in [3.63, 3.8) is 0 Å². The third-order valence-electron chi connectivity index (χ3n) is 2.72. The molecule has 1 aromatic carbocycles.